The molecule has 1 N–H and O–H groups in total. The third kappa shape index (κ3) is 4.62. The molecular weight excluding hydrogens is 344 g/mol. The van der Waals surface area contributed by atoms with E-state index in [9.17, 15) is 14.9 Å². The van der Waals surface area contributed by atoms with E-state index in [4.69, 9.17) is 0 Å². The van der Waals surface area contributed by atoms with Crippen molar-refractivity contribution >= 4 is 23.0 Å². The number of nitrogens with zero attached hydrogens (tertiary/aromatic N) is 3. The topological polar surface area (TPSA) is 78.7 Å². The lowest BCUT2D eigenvalue weighted by Gasteiger charge is -2.36. The van der Waals surface area contributed by atoms with Crippen molar-refractivity contribution in [2.45, 2.75) is 13.8 Å². The van der Waals surface area contributed by atoms with E-state index in [1.165, 1.54) is 28.9 Å². The average Bonchev–Trinajstić information content (AvgIpc) is 2.65. The molecule has 0 aromatic heterocycles. The molecule has 0 radical (unpaired) electrons. The van der Waals surface area contributed by atoms with Crippen LogP contribution in [0.4, 0.5) is 17.1 Å². The van der Waals surface area contributed by atoms with Gasteiger partial charge in [0.1, 0.15) is 0 Å². The lowest BCUT2D eigenvalue weighted by atomic mass is 10.1. The van der Waals surface area contributed by atoms with Gasteiger partial charge in [0.25, 0.3) is 5.69 Å². The minimum atomic E-state index is -0.457. The Morgan fingerprint density at radius 2 is 1.74 bits per heavy atom. The molecule has 0 unspecified atom stereocenters. The number of nitro benzene ring substituents is 1. The molecule has 1 heterocycles. The molecule has 7 heteroatoms. The second-order valence-corrected chi connectivity index (χ2v) is 6.83. The lowest BCUT2D eigenvalue weighted by Crippen LogP contribution is -2.48. The van der Waals surface area contributed by atoms with Crippen LogP contribution < -0.4 is 10.2 Å². The van der Waals surface area contributed by atoms with Crippen molar-refractivity contribution in [1.82, 2.24) is 4.90 Å². The van der Waals surface area contributed by atoms with Gasteiger partial charge in [-0.05, 0) is 43.2 Å². The van der Waals surface area contributed by atoms with Crippen molar-refractivity contribution in [1.29, 1.82) is 0 Å². The number of amides is 1. The van der Waals surface area contributed by atoms with Gasteiger partial charge in [-0.15, -0.1) is 0 Å². The Labute approximate surface area is 158 Å². The maximum atomic E-state index is 12.2. The van der Waals surface area contributed by atoms with E-state index >= 15 is 0 Å². The Morgan fingerprint density at radius 3 is 2.37 bits per heavy atom. The summed E-state index contributed by atoms with van der Waals surface area (Å²) < 4.78 is 0. The second kappa shape index (κ2) is 8.18. The minimum Gasteiger partial charge on any atom is -0.369 e. The summed E-state index contributed by atoms with van der Waals surface area (Å²) in [6.45, 7) is 8.00. The van der Waals surface area contributed by atoms with Gasteiger partial charge >= 0.3 is 0 Å². The summed E-state index contributed by atoms with van der Waals surface area (Å²) >= 11 is 0. The van der Waals surface area contributed by atoms with Crippen molar-refractivity contribution in [3.63, 3.8) is 0 Å². The molecular formula is C20H24N4O3. The van der Waals surface area contributed by atoms with Crippen LogP contribution in [-0.2, 0) is 4.79 Å². The fraction of sp³-hybridized carbons (Fsp3) is 0.350. The number of hydrogen-bond acceptors (Lipinski definition) is 5. The number of nitro groups is 1. The molecule has 142 valence electrons. The van der Waals surface area contributed by atoms with Gasteiger partial charge < -0.3 is 10.2 Å². The van der Waals surface area contributed by atoms with Crippen molar-refractivity contribution in [2.75, 3.05) is 42.9 Å². The summed E-state index contributed by atoms with van der Waals surface area (Å²) in [5.74, 6) is -0.107. The molecule has 2 aromatic rings. The van der Waals surface area contributed by atoms with E-state index in [1.807, 2.05) is 0 Å². The number of piperazine rings is 1. The first kappa shape index (κ1) is 18.8. The number of benzene rings is 2. The van der Waals surface area contributed by atoms with Crippen molar-refractivity contribution in [3.8, 4) is 0 Å². The van der Waals surface area contributed by atoms with Crippen molar-refractivity contribution in [3.05, 3.63) is 63.7 Å². The van der Waals surface area contributed by atoms with Gasteiger partial charge in [0.05, 0.1) is 11.5 Å². The molecule has 27 heavy (non-hydrogen) atoms. The quantitative estimate of drug-likeness (QED) is 0.648. The third-order valence-electron chi connectivity index (χ3n) is 5.02. The third-order valence-corrected chi connectivity index (χ3v) is 5.02. The molecule has 1 amide bonds. The van der Waals surface area contributed by atoms with Crippen molar-refractivity contribution < 1.29 is 9.72 Å². The Hall–Kier alpha value is -2.93. The molecule has 0 spiro atoms. The van der Waals surface area contributed by atoms with E-state index < -0.39 is 4.92 Å². The van der Waals surface area contributed by atoms with Crippen LogP contribution in [0, 0.1) is 24.0 Å². The van der Waals surface area contributed by atoms with E-state index in [2.05, 4.69) is 47.2 Å². The number of rotatable bonds is 5. The van der Waals surface area contributed by atoms with Gasteiger partial charge in [-0.3, -0.25) is 19.8 Å². The smallest absolute Gasteiger partial charge is 0.269 e. The molecule has 7 nitrogen and oxygen atoms in total. The highest BCUT2D eigenvalue weighted by Crippen LogP contribution is 2.23. The van der Waals surface area contributed by atoms with Crippen LogP contribution in [-0.4, -0.2) is 48.5 Å². The zero-order valence-corrected chi connectivity index (χ0v) is 15.6. The molecule has 0 bridgehead atoms. The molecule has 0 saturated carbocycles. The number of nitrogens with one attached hydrogen (secondary N) is 1. The Bertz CT molecular complexity index is 828. The first-order chi connectivity index (χ1) is 12.9. The standard InChI is InChI=1S/C20H24N4O3/c1-15-4-3-5-19(16(15)2)23-12-10-22(11-13-23)14-20(25)21-17-6-8-18(9-7-17)24(26)27/h3-9H,10-14H2,1-2H3,(H,21,25). The van der Waals surface area contributed by atoms with Gasteiger partial charge in [-0.25, -0.2) is 0 Å². The predicted octanol–water partition coefficient (Wildman–Crippen LogP) is 2.97. The van der Waals surface area contributed by atoms with E-state index in [-0.39, 0.29) is 11.6 Å². The Kier molecular flexibility index (Phi) is 5.71. The summed E-state index contributed by atoms with van der Waals surface area (Å²) in [7, 11) is 0. The number of aryl methyl sites for hydroxylation is 1. The molecule has 1 aliphatic heterocycles. The first-order valence-electron chi connectivity index (χ1n) is 9.02. The van der Waals surface area contributed by atoms with Crippen molar-refractivity contribution in [2.24, 2.45) is 0 Å². The summed E-state index contributed by atoms with van der Waals surface area (Å²) in [6, 6.07) is 12.2. The fourth-order valence-electron chi connectivity index (χ4n) is 3.30. The molecule has 2 aromatic carbocycles. The van der Waals surface area contributed by atoms with Gasteiger partial charge in [-0.2, -0.15) is 0 Å². The van der Waals surface area contributed by atoms with E-state index in [0.717, 1.165) is 26.2 Å². The Morgan fingerprint density at radius 1 is 1.07 bits per heavy atom. The molecule has 0 aliphatic carbocycles. The lowest BCUT2D eigenvalue weighted by molar-refractivity contribution is -0.384. The van der Waals surface area contributed by atoms with Crippen LogP contribution in [0.15, 0.2) is 42.5 Å². The summed E-state index contributed by atoms with van der Waals surface area (Å²) in [4.78, 5) is 27.0. The van der Waals surface area contributed by atoms with Crippen LogP contribution in [0.25, 0.3) is 0 Å². The summed E-state index contributed by atoms with van der Waals surface area (Å²) in [5, 5.41) is 13.5. The van der Waals surface area contributed by atoms with Crippen LogP contribution in [0.3, 0.4) is 0 Å². The molecule has 3 rings (SSSR count). The normalized spacial score (nSPS) is 14.8. The maximum absolute atomic E-state index is 12.2. The number of carbonyl (C=O) groups excluding carboxylic acids is 1. The minimum absolute atomic E-state index is 0.00978. The van der Waals surface area contributed by atoms with Gasteiger partial charge in [0.2, 0.25) is 5.91 Å². The number of carbonyl (C=O) groups is 1. The number of anilines is 2. The van der Waals surface area contributed by atoms with Gasteiger partial charge in [0.15, 0.2) is 0 Å². The van der Waals surface area contributed by atoms with Crippen LogP contribution >= 0.6 is 0 Å². The highest BCUT2D eigenvalue weighted by Gasteiger charge is 2.20. The van der Waals surface area contributed by atoms with Crippen LogP contribution in [0.2, 0.25) is 0 Å². The summed E-state index contributed by atoms with van der Waals surface area (Å²) in [6.07, 6.45) is 0. The van der Waals surface area contributed by atoms with E-state index in [0.29, 0.717) is 12.2 Å². The highest BCUT2D eigenvalue weighted by molar-refractivity contribution is 5.92. The molecule has 1 saturated heterocycles. The number of non-ortho nitro benzene ring substituents is 1. The largest absolute Gasteiger partial charge is 0.369 e. The monoisotopic (exact) mass is 368 g/mol. The fourth-order valence-corrected chi connectivity index (χ4v) is 3.30. The van der Waals surface area contributed by atoms with Crippen LogP contribution in [0.1, 0.15) is 11.1 Å². The van der Waals surface area contributed by atoms with E-state index in [1.54, 1.807) is 12.1 Å². The highest BCUT2D eigenvalue weighted by atomic mass is 16.6. The maximum Gasteiger partial charge on any atom is 0.269 e. The zero-order valence-electron chi connectivity index (χ0n) is 15.6. The van der Waals surface area contributed by atoms with Gasteiger partial charge in [-0.1, -0.05) is 12.1 Å². The predicted molar refractivity (Wildman–Crippen MR) is 106 cm³/mol. The molecule has 0 atom stereocenters. The summed E-state index contributed by atoms with van der Waals surface area (Å²) in [5.41, 5.74) is 4.44. The van der Waals surface area contributed by atoms with Crippen LogP contribution in [0.5, 0.6) is 0 Å². The zero-order chi connectivity index (χ0) is 19.4. The molecule has 1 fully saturated rings. The average molecular weight is 368 g/mol. The molecule has 1 aliphatic rings. The first-order valence-corrected chi connectivity index (χ1v) is 9.02. The number of hydrogen-bond donors (Lipinski definition) is 1. The van der Waals surface area contributed by atoms with Gasteiger partial charge in [0, 0.05) is 49.7 Å². The Balaban J connectivity index is 1.50. The second-order valence-electron chi connectivity index (χ2n) is 6.83. The SMILES string of the molecule is Cc1cccc(N2CCN(CC(=O)Nc3ccc([N+](=O)[O-])cc3)CC2)c1C.